The molecule has 26 heavy (non-hydrogen) atoms. The van der Waals surface area contributed by atoms with Crippen molar-refractivity contribution in [2.24, 2.45) is 7.05 Å². The Morgan fingerprint density at radius 2 is 2.04 bits per heavy atom. The van der Waals surface area contributed by atoms with Gasteiger partial charge in [-0.1, -0.05) is 0 Å². The van der Waals surface area contributed by atoms with Crippen molar-refractivity contribution >= 4 is 12.0 Å². The zero-order chi connectivity index (χ0) is 18.5. The molecular weight excluding hydrogens is 332 g/mol. The number of aliphatic hydroxyl groups is 1. The summed E-state index contributed by atoms with van der Waals surface area (Å²) in [5.41, 5.74) is 0.894. The fourth-order valence-electron chi connectivity index (χ4n) is 3.94. The molecule has 2 fully saturated rings. The van der Waals surface area contributed by atoms with Crippen LogP contribution < -0.4 is 0 Å². The maximum atomic E-state index is 12.5. The highest BCUT2D eigenvalue weighted by molar-refractivity contribution is 5.91. The molecule has 0 aliphatic carbocycles. The first-order chi connectivity index (χ1) is 12.6. The number of rotatable bonds is 4. The van der Waals surface area contributed by atoms with Gasteiger partial charge in [0.15, 0.2) is 0 Å². The number of hydrogen-bond donors (Lipinski definition) is 1. The Morgan fingerprint density at radius 3 is 2.73 bits per heavy atom. The Balaban J connectivity index is 1.58. The molecule has 3 rings (SSSR count). The number of aromatic nitrogens is 2. The summed E-state index contributed by atoms with van der Waals surface area (Å²) in [6, 6.07) is 2.42. The van der Waals surface area contributed by atoms with Crippen LogP contribution in [0.4, 0.5) is 0 Å². The van der Waals surface area contributed by atoms with E-state index in [0.717, 1.165) is 38.2 Å². The summed E-state index contributed by atoms with van der Waals surface area (Å²) < 4.78 is 7.18. The van der Waals surface area contributed by atoms with E-state index in [0.29, 0.717) is 25.6 Å². The molecular formula is C19H30N4O3. The summed E-state index contributed by atoms with van der Waals surface area (Å²) in [7, 11) is 3.95. The summed E-state index contributed by atoms with van der Waals surface area (Å²) in [5.74, 6) is -0.00669. The minimum Gasteiger partial charge on any atom is -0.391 e. The van der Waals surface area contributed by atoms with Crippen molar-refractivity contribution in [2.45, 2.75) is 43.9 Å². The molecule has 2 aliphatic rings. The molecule has 0 bridgehead atoms. The maximum Gasteiger partial charge on any atom is 0.246 e. The SMILES string of the molecule is CN(C1CCOCC1)[C@H]1CCN(C(=O)C=Cc2ccnn2C)CC[C@@H]1O. The van der Waals surface area contributed by atoms with Crippen LogP contribution in [0.1, 0.15) is 31.4 Å². The van der Waals surface area contributed by atoms with E-state index in [-0.39, 0.29) is 11.9 Å². The van der Waals surface area contributed by atoms with Gasteiger partial charge in [0, 0.05) is 57.7 Å². The zero-order valence-corrected chi connectivity index (χ0v) is 15.8. The zero-order valence-electron chi connectivity index (χ0n) is 15.8. The predicted octanol–water partition coefficient (Wildman–Crippen LogP) is 0.896. The molecule has 0 radical (unpaired) electrons. The van der Waals surface area contributed by atoms with Crippen molar-refractivity contribution < 1.29 is 14.6 Å². The minimum atomic E-state index is -0.401. The van der Waals surface area contributed by atoms with Gasteiger partial charge in [0.05, 0.1) is 11.8 Å². The fourth-order valence-corrected chi connectivity index (χ4v) is 3.94. The molecule has 7 nitrogen and oxygen atoms in total. The average molecular weight is 362 g/mol. The van der Waals surface area contributed by atoms with Gasteiger partial charge in [-0.05, 0) is 44.9 Å². The molecule has 2 atom stereocenters. The molecule has 2 saturated heterocycles. The van der Waals surface area contributed by atoms with Crippen LogP contribution >= 0.6 is 0 Å². The first-order valence-electron chi connectivity index (χ1n) is 9.49. The van der Waals surface area contributed by atoms with Crippen molar-refractivity contribution in [1.82, 2.24) is 19.6 Å². The van der Waals surface area contributed by atoms with E-state index < -0.39 is 6.10 Å². The van der Waals surface area contributed by atoms with Crippen LogP contribution in [0, 0.1) is 0 Å². The van der Waals surface area contributed by atoms with Gasteiger partial charge in [0.1, 0.15) is 0 Å². The largest absolute Gasteiger partial charge is 0.391 e. The Bertz CT molecular complexity index is 624. The highest BCUT2D eigenvalue weighted by Gasteiger charge is 2.32. The number of carbonyl (C=O) groups excluding carboxylic acids is 1. The van der Waals surface area contributed by atoms with Crippen LogP contribution in [0.5, 0.6) is 0 Å². The third-order valence-corrected chi connectivity index (χ3v) is 5.69. The van der Waals surface area contributed by atoms with Crippen molar-refractivity contribution in [1.29, 1.82) is 0 Å². The molecule has 0 spiro atoms. The molecule has 1 aromatic heterocycles. The number of hydrogen-bond acceptors (Lipinski definition) is 5. The third-order valence-electron chi connectivity index (χ3n) is 5.69. The minimum absolute atomic E-state index is 0.00669. The van der Waals surface area contributed by atoms with E-state index in [1.165, 1.54) is 0 Å². The summed E-state index contributed by atoms with van der Waals surface area (Å²) in [5, 5.41) is 14.7. The maximum absolute atomic E-state index is 12.5. The number of carbonyl (C=O) groups is 1. The van der Waals surface area contributed by atoms with E-state index >= 15 is 0 Å². The number of amides is 1. The van der Waals surface area contributed by atoms with Gasteiger partial charge in [-0.3, -0.25) is 14.4 Å². The van der Waals surface area contributed by atoms with Crippen molar-refractivity contribution in [2.75, 3.05) is 33.4 Å². The summed E-state index contributed by atoms with van der Waals surface area (Å²) in [4.78, 5) is 16.7. The Kier molecular flexibility index (Phi) is 6.45. The quantitative estimate of drug-likeness (QED) is 0.806. The van der Waals surface area contributed by atoms with E-state index in [4.69, 9.17) is 4.74 Å². The number of aliphatic hydroxyl groups excluding tert-OH is 1. The molecule has 7 heteroatoms. The van der Waals surface area contributed by atoms with Crippen LogP contribution in [0.25, 0.3) is 6.08 Å². The van der Waals surface area contributed by atoms with Gasteiger partial charge in [0.25, 0.3) is 0 Å². The van der Waals surface area contributed by atoms with Crippen molar-refractivity contribution in [3.05, 3.63) is 24.0 Å². The second-order valence-electron chi connectivity index (χ2n) is 7.26. The number of aryl methyl sites for hydroxylation is 1. The van der Waals surface area contributed by atoms with Gasteiger partial charge in [-0.15, -0.1) is 0 Å². The molecule has 144 valence electrons. The lowest BCUT2D eigenvalue weighted by molar-refractivity contribution is -0.126. The smallest absolute Gasteiger partial charge is 0.246 e. The second kappa shape index (κ2) is 8.79. The average Bonchev–Trinajstić information content (AvgIpc) is 2.97. The molecule has 2 aliphatic heterocycles. The topological polar surface area (TPSA) is 70.8 Å². The van der Waals surface area contributed by atoms with Crippen LogP contribution in [0.2, 0.25) is 0 Å². The summed E-state index contributed by atoms with van der Waals surface area (Å²) in [6.45, 7) is 2.85. The van der Waals surface area contributed by atoms with E-state index in [9.17, 15) is 9.90 Å². The lowest BCUT2D eigenvalue weighted by Crippen LogP contribution is -2.48. The first-order valence-corrected chi connectivity index (χ1v) is 9.49. The van der Waals surface area contributed by atoms with Crippen LogP contribution in [0.3, 0.4) is 0 Å². The summed E-state index contributed by atoms with van der Waals surface area (Å²) >= 11 is 0. The second-order valence-corrected chi connectivity index (χ2v) is 7.26. The van der Waals surface area contributed by atoms with Gasteiger partial charge in [-0.25, -0.2) is 0 Å². The highest BCUT2D eigenvalue weighted by Crippen LogP contribution is 2.23. The van der Waals surface area contributed by atoms with Crippen LogP contribution in [-0.4, -0.2) is 82.1 Å². The third kappa shape index (κ3) is 4.52. The molecule has 0 saturated carbocycles. The van der Waals surface area contributed by atoms with Crippen LogP contribution in [-0.2, 0) is 16.6 Å². The molecule has 1 N–H and O–H groups in total. The Morgan fingerprint density at radius 1 is 1.31 bits per heavy atom. The van der Waals surface area contributed by atoms with Gasteiger partial charge >= 0.3 is 0 Å². The molecule has 0 aromatic carbocycles. The molecule has 1 amide bonds. The summed E-state index contributed by atoms with van der Waals surface area (Å²) in [6.07, 6.45) is 8.13. The fraction of sp³-hybridized carbons (Fsp3) is 0.684. The van der Waals surface area contributed by atoms with Crippen LogP contribution in [0.15, 0.2) is 18.3 Å². The predicted molar refractivity (Wildman–Crippen MR) is 99.5 cm³/mol. The lowest BCUT2D eigenvalue weighted by atomic mass is 9.99. The number of likely N-dealkylation sites (N-methyl/N-ethyl adjacent to an activating group) is 1. The monoisotopic (exact) mass is 362 g/mol. The Labute approximate surface area is 155 Å². The standard InChI is InChI=1S/C19H30N4O3/c1-21(15-8-13-26-14-9-15)17-6-11-23(12-7-18(17)24)19(25)4-3-16-5-10-20-22(16)2/h3-5,10,15,17-18,24H,6-9,11-14H2,1-2H3/t17-,18-/m0/s1. The molecule has 3 heterocycles. The number of likely N-dealkylation sites (tertiary alicyclic amines) is 1. The van der Waals surface area contributed by atoms with Gasteiger partial charge < -0.3 is 14.7 Å². The van der Waals surface area contributed by atoms with E-state index in [1.807, 2.05) is 18.0 Å². The highest BCUT2D eigenvalue weighted by atomic mass is 16.5. The van der Waals surface area contributed by atoms with Gasteiger partial charge in [-0.2, -0.15) is 5.10 Å². The lowest BCUT2D eigenvalue weighted by Gasteiger charge is -2.38. The van der Waals surface area contributed by atoms with Gasteiger partial charge in [0.2, 0.25) is 5.91 Å². The number of nitrogens with zero attached hydrogens (tertiary/aromatic N) is 4. The Hall–Kier alpha value is -1.70. The normalized spacial score (nSPS) is 25.8. The number of ether oxygens (including phenoxy) is 1. The molecule has 0 unspecified atom stereocenters. The van der Waals surface area contributed by atoms with E-state index in [1.54, 1.807) is 23.0 Å². The van der Waals surface area contributed by atoms with Crippen molar-refractivity contribution in [3.8, 4) is 0 Å². The first kappa shape index (κ1) is 19.1. The van der Waals surface area contributed by atoms with E-state index in [2.05, 4.69) is 17.0 Å². The van der Waals surface area contributed by atoms with Crippen molar-refractivity contribution in [3.63, 3.8) is 0 Å². The molecule has 1 aromatic rings.